The monoisotopic (exact) mass is 355 g/mol. The van der Waals surface area contributed by atoms with E-state index in [0.717, 1.165) is 12.1 Å². The average molecular weight is 356 g/mol. The fraction of sp³-hybridized carbons (Fsp3) is 0.533. The van der Waals surface area contributed by atoms with E-state index in [-0.39, 0.29) is 30.2 Å². The summed E-state index contributed by atoms with van der Waals surface area (Å²) in [6.07, 6.45) is 5.67. The van der Waals surface area contributed by atoms with E-state index < -0.39 is 0 Å². The average Bonchev–Trinajstić information content (AvgIpc) is 3.16. The van der Waals surface area contributed by atoms with E-state index in [2.05, 4.69) is 34.6 Å². The first-order chi connectivity index (χ1) is 10.5. The SMILES string of the molecule is CC(C)c1cnc(NC(=O)[C@H]2CNC[C@@H]2c2cnn(C)c2)s1.Cl. The minimum Gasteiger partial charge on any atom is -0.315 e. The summed E-state index contributed by atoms with van der Waals surface area (Å²) in [5.41, 5.74) is 1.11. The van der Waals surface area contributed by atoms with E-state index in [0.29, 0.717) is 17.6 Å². The lowest BCUT2D eigenvalue weighted by atomic mass is 9.90. The molecule has 3 heterocycles. The molecule has 0 aliphatic carbocycles. The summed E-state index contributed by atoms with van der Waals surface area (Å²) in [5.74, 6) is 0.539. The largest absolute Gasteiger partial charge is 0.315 e. The molecule has 0 saturated carbocycles. The van der Waals surface area contributed by atoms with Gasteiger partial charge in [0.2, 0.25) is 5.91 Å². The van der Waals surface area contributed by atoms with Gasteiger partial charge < -0.3 is 10.6 Å². The van der Waals surface area contributed by atoms with Crippen molar-refractivity contribution in [2.24, 2.45) is 13.0 Å². The number of hydrogen-bond acceptors (Lipinski definition) is 5. The molecule has 0 unspecified atom stereocenters. The maximum Gasteiger partial charge on any atom is 0.231 e. The molecule has 2 aromatic heterocycles. The molecule has 2 aromatic rings. The third-order valence-corrected chi connectivity index (χ3v) is 5.24. The van der Waals surface area contributed by atoms with Crippen molar-refractivity contribution in [2.45, 2.75) is 25.7 Å². The van der Waals surface area contributed by atoms with Crippen molar-refractivity contribution in [2.75, 3.05) is 18.4 Å². The van der Waals surface area contributed by atoms with Gasteiger partial charge in [-0.15, -0.1) is 23.7 Å². The number of nitrogens with one attached hydrogen (secondary N) is 2. The Hall–Kier alpha value is -1.44. The molecule has 8 heteroatoms. The van der Waals surface area contributed by atoms with E-state index in [1.807, 2.05) is 25.6 Å². The molecule has 126 valence electrons. The first kappa shape index (κ1) is 17.9. The van der Waals surface area contributed by atoms with Gasteiger partial charge in [0.05, 0.1) is 12.1 Å². The summed E-state index contributed by atoms with van der Waals surface area (Å²) < 4.78 is 1.78. The molecule has 1 aliphatic heterocycles. The number of halogens is 1. The van der Waals surface area contributed by atoms with Crippen LogP contribution >= 0.6 is 23.7 Å². The molecule has 0 bridgehead atoms. The molecular weight excluding hydrogens is 334 g/mol. The molecule has 6 nitrogen and oxygen atoms in total. The molecule has 0 radical (unpaired) electrons. The Labute approximate surface area is 146 Å². The minimum absolute atomic E-state index is 0. The van der Waals surface area contributed by atoms with Crippen LogP contribution in [0.4, 0.5) is 5.13 Å². The molecule has 3 rings (SSSR count). The van der Waals surface area contributed by atoms with Crippen molar-refractivity contribution in [1.82, 2.24) is 20.1 Å². The normalized spacial score (nSPS) is 20.5. The van der Waals surface area contributed by atoms with Crippen molar-refractivity contribution in [3.05, 3.63) is 29.0 Å². The maximum absolute atomic E-state index is 12.6. The summed E-state index contributed by atoms with van der Waals surface area (Å²) >= 11 is 1.55. The lowest BCUT2D eigenvalue weighted by molar-refractivity contribution is -0.119. The topological polar surface area (TPSA) is 71.8 Å². The Kier molecular flexibility index (Phi) is 5.78. The van der Waals surface area contributed by atoms with Gasteiger partial charge in [0.1, 0.15) is 0 Å². The summed E-state index contributed by atoms with van der Waals surface area (Å²) in [6.45, 7) is 5.74. The van der Waals surface area contributed by atoms with Gasteiger partial charge in [0.25, 0.3) is 0 Å². The molecule has 0 spiro atoms. The molecule has 2 atom stereocenters. The van der Waals surface area contributed by atoms with Gasteiger partial charge in [0.15, 0.2) is 5.13 Å². The van der Waals surface area contributed by atoms with Gasteiger partial charge in [-0.2, -0.15) is 5.10 Å². The number of amides is 1. The molecule has 1 fully saturated rings. The molecule has 2 N–H and O–H groups in total. The van der Waals surface area contributed by atoms with Crippen LogP contribution in [0.25, 0.3) is 0 Å². The fourth-order valence-corrected chi connectivity index (χ4v) is 3.57. The second kappa shape index (κ2) is 7.42. The number of aromatic nitrogens is 3. The van der Waals surface area contributed by atoms with E-state index in [1.54, 1.807) is 16.0 Å². The number of aryl methyl sites for hydroxylation is 1. The van der Waals surface area contributed by atoms with Gasteiger partial charge in [-0.25, -0.2) is 4.98 Å². The van der Waals surface area contributed by atoms with E-state index >= 15 is 0 Å². The van der Waals surface area contributed by atoms with Crippen molar-refractivity contribution in [1.29, 1.82) is 0 Å². The summed E-state index contributed by atoms with van der Waals surface area (Å²) in [4.78, 5) is 18.1. The van der Waals surface area contributed by atoms with Crippen LogP contribution in [0.3, 0.4) is 0 Å². The lowest BCUT2D eigenvalue weighted by Crippen LogP contribution is -2.27. The quantitative estimate of drug-likeness (QED) is 0.883. The smallest absolute Gasteiger partial charge is 0.231 e. The van der Waals surface area contributed by atoms with Gasteiger partial charge in [-0.1, -0.05) is 13.8 Å². The predicted molar refractivity (Wildman–Crippen MR) is 94.4 cm³/mol. The Morgan fingerprint density at radius 2 is 2.22 bits per heavy atom. The van der Waals surface area contributed by atoms with Crippen LogP contribution in [0.15, 0.2) is 18.6 Å². The van der Waals surface area contributed by atoms with Crippen LogP contribution in [0.2, 0.25) is 0 Å². The first-order valence-electron chi connectivity index (χ1n) is 7.50. The second-order valence-corrected chi connectivity index (χ2v) is 7.09. The molecular formula is C15H22ClN5OS. The van der Waals surface area contributed by atoms with Crippen LogP contribution in [0.1, 0.15) is 36.1 Å². The van der Waals surface area contributed by atoms with Gasteiger partial charge >= 0.3 is 0 Å². The highest BCUT2D eigenvalue weighted by molar-refractivity contribution is 7.15. The minimum atomic E-state index is -0.0874. The first-order valence-corrected chi connectivity index (χ1v) is 8.32. The number of carbonyl (C=O) groups is 1. The number of thiazole rings is 1. The molecule has 1 aliphatic rings. The van der Waals surface area contributed by atoms with Crippen LogP contribution in [-0.2, 0) is 11.8 Å². The van der Waals surface area contributed by atoms with Crippen LogP contribution in [0.5, 0.6) is 0 Å². The number of anilines is 1. The lowest BCUT2D eigenvalue weighted by Gasteiger charge is -2.15. The molecule has 0 aromatic carbocycles. The Bertz CT molecular complexity index is 668. The Balaban J connectivity index is 0.00000192. The number of carbonyl (C=O) groups excluding carboxylic acids is 1. The zero-order valence-electron chi connectivity index (χ0n) is 13.4. The maximum atomic E-state index is 12.6. The summed E-state index contributed by atoms with van der Waals surface area (Å²) in [7, 11) is 1.89. The van der Waals surface area contributed by atoms with Crippen molar-refractivity contribution in [3.63, 3.8) is 0 Å². The van der Waals surface area contributed by atoms with Gasteiger partial charge in [-0.3, -0.25) is 9.48 Å². The van der Waals surface area contributed by atoms with E-state index in [9.17, 15) is 4.79 Å². The second-order valence-electron chi connectivity index (χ2n) is 6.03. The zero-order chi connectivity index (χ0) is 15.7. The summed E-state index contributed by atoms with van der Waals surface area (Å²) in [6, 6.07) is 0. The van der Waals surface area contributed by atoms with Gasteiger partial charge in [0, 0.05) is 43.3 Å². The molecule has 1 amide bonds. The van der Waals surface area contributed by atoms with Crippen LogP contribution in [-0.4, -0.2) is 33.8 Å². The number of nitrogens with zero attached hydrogens (tertiary/aromatic N) is 3. The third-order valence-electron chi connectivity index (χ3n) is 4.03. The van der Waals surface area contributed by atoms with Gasteiger partial charge in [-0.05, 0) is 11.5 Å². The molecule has 23 heavy (non-hydrogen) atoms. The van der Waals surface area contributed by atoms with Crippen molar-refractivity contribution < 1.29 is 4.79 Å². The highest BCUT2D eigenvalue weighted by Crippen LogP contribution is 2.30. The van der Waals surface area contributed by atoms with E-state index in [4.69, 9.17) is 0 Å². The Morgan fingerprint density at radius 3 is 2.83 bits per heavy atom. The van der Waals surface area contributed by atoms with E-state index in [1.165, 1.54) is 4.88 Å². The number of hydrogen-bond donors (Lipinski definition) is 2. The molecule has 1 saturated heterocycles. The van der Waals surface area contributed by atoms with Crippen LogP contribution < -0.4 is 10.6 Å². The van der Waals surface area contributed by atoms with Crippen LogP contribution in [0, 0.1) is 5.92 Å². The van der Waals surface area contributed by atoms with Crippen molar-refractivity contribution >= 4 is 34.8 Å². The third kappa shape index (κ3) is 3.91. The predicted octanol–water partition coefficient (Wildman–Crippen LogP) is 2.36. The fourth-order valence-electron chi connectivity index (χ4n) is 2.75. The summed E-state index contributed by atoms with van der Waals surface area (Å²) in [5, 5.41) is 11.2. The highest BCUT2D eigenvalue weighted by atomic mass is 35.5. The zero-order valence-corrected chi connectivity index (χ0v) is 15.1. The standard InChI is InChI=1S/C15H21N5OS.ClH/c1-9(2)13-7-17-15(22-13)19-14(21)12-6-16-5-11(12)10-4-18-20(3)8-10;/h4,7-9,11-12,16H,5-6H2,1-3H3,(H,17,19,21);1H/t11-,12+;/m1./s1. The van der Waals surface area contributed by atoms with Crippen molar-refractivity contribution in [3.8, 4) is 0 Å². The number of rotatable bonds is 4. The Morgan fingerprint density at radius 1 is 1.43 bits per heavy atom. The highest BCUT2D eigenvalue weighted by Gasteiger charge is 2.35.